The number of methoxy groups -OCH3 is 1. The maximum Gasteiger partial charge on any atom is 0.422 e. The van der Waals surface area contributed by atoms with Gasteiger partial charge >= 0.3 is 12.1 Å². The summed E-state index contributed by atoms with van der Waals surface area (Å²) >= 11 is 0. The number of rotatable bonds is 8. The zero-order valence-electron chi connectivity index (χ0n) is 14.7. The van der Waals surface area contributed by atoms with E-state index in [2.05, 4.69) is 15.0 Å². The van der Waals surface area contributed by atoms with Crippen molar-refractivity contribution < 1.29 is 37.3 Å². The summed E-state index contributed by atoms with van der Waals surface area (Å²) in [5.74, 6) is -1.61. The third kappa shape index (κ3) is 6.15. The van der Waals surface area contributed by atoms with Gasteiger partial charge in [-0.3, -0.25) is 4.79 Å². The second kappa shape index (κ2) is 9.07. The van der Waals surface area contributed by atoms with Gasteiger partial charge in [0, 0.05) is 12.6 Å². The van der Waals surface area contributed by atoms with Crippen molar-refractivity contribution in [2.24, 2.45) is 0 Å². The Morgan fingerprint density at radius 2 is 1.96 bits per heavy atom. The van der Waals surface area contributed by atoms with Gasteiger partial charge in [0.2, 0.25) is 5.88 Å². The Hall–Kier alpha value is -3.30. The molecule has 7 nitrogen and oxygen atoms in total. The van der Waals surface area contributed by atoms with Crippen LogP contribution in [0.4, 0.5) is 13.2 Å². The van der Waals surface area contributed by atoms with Crippen LogP contribution in [0.15, 0.2) is 36.4 Å². The van der Waals surface area contributed by atoms with Crippen LogP contribution in [-0.4, -0.2) is 48.4 Å². The molecule has 28 heavy (non-hydrogen) atoms. The molecular weight excluding hydrogens is 381 g/mol. The van der Waals surface area contributed by atoms with Gasteiger partial charge in [0.25, 0.3) is 5.91 Å². The fourth-order valence-corrected chi connectivity index (χ4v) is 2.26. The molecule has 0 aliphatic rings. The van der Waals surface area contributed by atoms with Gasteiger partial charge in [-0.05, 0) is 30.2 Å². The van der Waals surface area contributed by atoms with Gasteiger partial charge in [0.05, 0.1) is 12.7 Å². The van der Waals surface area contributed by atoms with E-state index in [-0.39, 0.29) is 23.7 Å². The van der Waals surface area contributed by atoms with E-state index in [0.717, 1.165) is 0 Å². The van der Waals surface area contributed by atoms with Gasteiger partial charge in [-0.1, -0.05) is 12.1 Å². The first-order valence-corrected chi connectivity index (χ1v) is 8.04. The Morgan fingerprint density at radius 3 is 2.61 bits per heavy atom. The van der Waals surface area contributed by atoms with E-state index in [4.69, 9.17) is 9.84 Å². The van der Waals surface area contributed by atoms with Crippen LogP contribution in [0.3, 0.4) is 0 Å². The largest absolute Gasteiger partial charge is 0.496 e. The molecule has 0 aliphatic carbocycles. The maximum absolute atomic E-state index is 12.2. The molecule has 0 radical (unpaired) electrons. The number of carbonyl (C=O) groups excluding carboxylic acids is 1. The molecule has 0 fully saturated rings. The summed E-state index contributed by atoms with van der Waals surface area (Å²) in [6.07, 6.45) is -4.16. The molecule has 0 bridgehead atoms. The highest BCUT2D eigenvalue weighted by molar-refractivity contribution is 5.92. The molecule has 0 aliphatic heterocycles. The maximum atomic E-state index is 12.2. The first kappa shape index (κ1) is 21.0. The summed E-state index contributed by atoms with van der Waals surface area (Å²) in [5, 5.41) is 11.6. The van der Waals surface area contributed by atoms with Crippen LogP contribution in [0, 0.1) is 0 Å². The van der Waals surface area contributed by atoms with Crippen LogP contribution in [-0.2, 0) is 6.42 Å². The van der Waals surface area contributed by atoms with E-state index in [0.29, 0.717) is 17.7 Å². The Balaban J connectivity index is 1.95. The summed E-state index contributed by atoms with van der Waals surface area (Å²) in [5.41, 5.74) is 0.667. The van der Waals surface area contributed by atoms with Crippen LogP contribution in [0.2, 0.25) is 0 Å². The van der Waals surface area contributed by atoms with Crippen molar-refractivity contribution in [1.29, 1.82) is 0 Å². The van der Waals surface area contributed by atoms with E-state index >= 15 is 0 Å². The summed E-state index contributed by atoms with van der Waals surface area (Å²) in [6.45, 7) is -1.33. The number of nitrogens with zero attached hydrogens (tertiary/aromatic N) is 1. The number of halogens is 3. The Kier molecular flexibility index (Phi) is 6.80. The zero-order chi connectivity index (χ0) is 20.7. The number of hydrogen-bond acceptors (Lipinski definition) is 5. The molecule has 1 heterocycles. The molecule has 1 amide bonds. The SMILES string of the molecule is COc1cc(C(=O)O)ccc1CCNC(=O)c1cccc(OCC(F)(F)F)n1. The van der Waals surface area contributed by atoms with Crippen molar-refractivity contribution in [3.63, 3.8) is 0 Å². The van der Waals surface area contributed by atoms with E-state index in [9.17, 15) is 22.8 Å². The number of aromatic carboxylic acids is 1. The molecule has 0 atom stereocenters. The quantitative estimate of drug-likeness (QED) is 0.710. The van der Waals surface area contributed by atoms with Gasteiger partial charge in [-0.25, -0.2) is 9.78 Å². The first-order chi connectivity index (χ1) is 13.2. The van der Waals surface area contributed by atoms with Crippen LogP contribution in [0.1, 0.15) is 26.4 Å². The van der Waals surface area contributed by atoms with Crippen molar-refractivity contribution in [1.82, 2.24) is 10.3 Å². The Bertz CT molecular complexity index is 855. The molecule has 2 rings (SSSR count). The van der Waals surface area contributed by atoms with Crippen LogP contribution < -0.4 is 14.8 Å². The van der Waals surface area contributed by atoms with Gasteiger partial charge < -0.3 is 19.9 Å². The summed E-state index contributed by atoms with van der Waals surface area (Å²) in [6, 6.07) is 8.31. The van der Waals surface area contributed by atoms with Gasteiger partial charge in [-0.2, -0.15) is 13.2 Å². The average Bonchev–Trinajstić information content (AvgIpc) is 2.66. The molecule has 1 aromatic carbocycles. The highest BCUT2D eigenvalue weighted by Gasteiger charge is 2.28. The predicted molar refractivity (Wildman–Crippen MR) is 91.8 cm³/mol. The first-order valence-electron chi connectivity index (χ1n) is 8.04. The number of carboxylic acids is 1. The summed E-state index contributed by atoms with van der Waals surface area (Å²) in [4.78, 5) is 26.8. The topological polar surface area (TPSA) is 97.8 Å². The number of amides is 1. The van der Waals surface area contributed by atoms with Crippen molar-refractivity contribution in [2.75, 3.05) is 20.3 Å². The minimum atomic E-state index is -4.50. The molecule has 150 valence electrons. The average molecular weight is 398 g/mol. The lowest BCUT2D eigenvalue weighted by atomic mass is 10.1. The smallest absolute Gasteiger partial charge is 0.422 e. The van der Waals surface area contributed by atoms with E-state index in [1.54, 1.807) is 6.07 Å². The molecule has 10 heteroatoms. The number of hydrogen-bond donors (Lipinski definition) is 2. The molecular formula is C18H17F3N2O5. The van der Waals surface area contributed by atoms with Crippen molar-refractivity contribution in [3.05, 3.63) is 53.2 Å². The second-order valence-corrected chi connectivity index (χ2v) is 5.60. The lowest BCUT2D eigenvalue weighted by Crippen LogP contribution is -2.27. The third-order valence-corrected chi connectivity index (χ3v) is 3.55. The number of carboxylic acid groups (broad SMARTS) is 1. The summed E-state index contributed by atoms with van der Waals surface area (Å²) < 4.78 is 46.2. The van der Waals surface area contributed by atoms with E-state index in [1.165, 1.54) is 37.4 Å². The summed E-state index contributed by atoms with van der Waals surface area (Å²) in [7, 11) is 1.40. The van der Waals surface area contributed by atoms with Gasteiger partial charge in [-0.15, -0.1) is 0 Å². The fraction of sp³-hybridized carbons (Fsp3) is 0.278. The highest BCUT2D eigenvalue weighted by atomic mass is 19.4. The minimum Gasteiger partial charge on any atom is -0.496 e. The number of alkyl halides is 3. The third-order valence-electron chi connectivity index (χ3n) is 3.55. The normalized spacial score (nSPS) is 11.0. The molecule has 2 N–H and O–H groups in total. The van der Waals surface area contributed by atoms with E-state index < -0.39 is 24.7 Å². The standard InChI is InChI=1S/C18H17F3N2O5/c1-27-14-9-12(17(25)26)6-5-11(14)7-8-22-16(24)13-3-2-4-15(23-13)28-10-18(19,20)21/h2-6,9H,7-8,10H2,1H3,(H,22,24)(H,25,26). The van der Waals surface area contributed by atoms with Crippen molar-refractivity contribution in [2.45, 2.75) is 12.6 Å². The Labute approximate surface area is 158 Å². The highest BCUT2D eigenvalue weighted by Crippen LogP contribution is 2.21. The number of nitrogens with one attached hydrogen (secondary N) is 1. The Morgan fingerprint density at radius 1 is 1.21 bits per heavy atom. The number of benzene rings is 1. The molecule has 1 aromatic heterocycles. The fourth-order valence-electron chi connectivity index (χ4n) is 2.26. The minimum absolute atomic E-state index is 0.0736. The lowest BCUT2D eigenvalue weighted by Gasteiger charge is -2.11. The number of aromatic nitrogens is 1. The monoisotopic (exact) mass is 398 g/mol. The molecule has 0 saturated heterocycles. The zero-order valence-corrected chi connectivity index (χ0v) is 14.7. The molecule has 2 aromatic rings. The second-order valence-electron chi connectivity index (χ2n) is 5.60. The number of ether oxygens (including phenoxy) is 2. The van der Waals surface area contributed by atoms with Crippen LogP contribution in [0.25, 0.3) is 0 Å². The van der Waals surface area contributed by atoms with Crippen molar-refractivity contribution in [3.8, 4) is 11.6 Å². The molecule has 0 saturated carbocycles. The van der Waals surface area contributed by atoms with Crippen LogP contribution in [0.5, 0.6) is 11.6 Å². The van der Waals surface area contributed by atoms with Gasteiger partial charge in [0.1, 0.15) is 11.4 Å². The molecule has 0 spiro atoms. The van der Waals surface area contributed by atoms with Gasteiger partial charge in [0.15, 0.2) is 6.61 Å². The van der Waals surface area contributed by atoms with Crippen LogP contribution >= 0.6 is 0 Å². The lowest BCUT2D eigenvalue weighted by molar-refractivity contribution is -0.154. The number of pyridine rings is 1. The molecule has 0 unspecified atom stereocenters. The van der Waals surface area contributed by atoms with E-state index in [1.807, 2.05) is 0 Å². The number of carbonyl (C=O) groups is 2. The van der Waals surface area contributed by atoms with Crippen molar-refractivity contribution >= 4 is 11.9 Å². The predicted octanol–water partition coefficient (Wildman–Crippen LogP) is 2.70.